The van der Waals surface area contributed by atoms with Gasteiger partial charge in [0.15, 0.2) is 6.29 Å². The van der Waals surface area contributed by atoms with Crippen LogP contribution in [0, 0.1) is 11.3 Å². The average molecular weight is 139 g/mol. The molecule has 0 aromatic rings. The Morgan fingerprint density at radius 1 is 1.80 bits per heavy atom. The molecule has 0 bridgehead atoms. The molecule has 0 aromatic heterocycles. The summed E-state index contributed by atoms with van der Waals surface area (Å²) in [7, 11) is 0. The van der Waals surface area contributed by atoms with Crippen LogP contribution in [0.4, 0.5) is 0 Å². The number of allylic oxidation sites excluding steroid dienone is 2. The number of nitrogens with zero attached hydrogens (tertiary/aromatic N) is 1. The summed E-state index contributed by atoms with van der Waals surface area (Å²) in [6, 6.07) is 1.72. The Kier molecular flexibility index (Phi) is 3.97. The molecule has 0 aromatic carbocycles. The molecule has 0 radical (unpaired) electrons. The van der Waals surface area contributed by atoms with Gasteiger partial charge in [-0.1, -0.05) is 0 Å². The highest BCUT2D eigenvalue weighted by Crippen LogP contribution is 2.00. The molecule has 0 saturated heterocycles. The average Bonchev–Trinajstić information content (AvgIpc) is 1.91. The first-order chi connectivity index (χ1) is 4.76. The number of carbonyl (C=O) groups excluding carboxylic acids is 1. The Hall–Kier alpha value is -1.30. The van der Waals surface area contributed by atoms with Crippen LogP contribution in [-0.4, -0.2) is 12.9 Å². The molecular weight excluding hydrogens is 130 g/mol. The fraction of sp³-hybridized carbons (Fsp3) is 0.429. The monoisotopic (exact) mass is 139 g/mol. The number of hydrogen-bond donors (Lipinski definition) is 0. The van der Waals surface area contributed by atoms with Crippen LogP contribution in [0.3, 0.4) is 0 Å². The van der Waals surface area contributed by atoms with E-state index in [4.69, 9.17) is 10.00 Å². The summed E-state index contributed by atoms with van der Waals surface area (Å²) in [6.45, 7) is 3.87. The van der Waals surface area contributed by atoms with E-state index >= 15 is 0 Å². The molecule has 0 N–H and O–H groups in total. The Bertz CT molecular complexity index is 188. The molecule has 0 saturated carbocycles. The van der Waals surface area contributed by atoms with E-state index < -0.39 is 0 Å². The van der Waals surface area contributed by atoms with E-state index in [1.807, 2.05) is 0 Å². The molecule has 3 nitrogen and oxygen atoms in total. The minimum atomic E-state index is 0.0573. The Labute approximate surface area is 59.9 Å². The van der Waals surface area contributed by atoms with E-state index in [0.29, 0.717) is 18.7 Å². The van der Waals surface area contributed by atoms with Gasteiger partial charge in [0.2, 0.25) is 0 Å². The molecule has 0 heterocycles. The Balaban J connectivity index is 4.31. The molecule has 0 spiro atoms. The Morgan fingerprint density at radius 3 is 2.70 bits per heavy atom. The highest BCUT2D eigenvalue weighted by Gasteiger charge is 1.98. The lowest BCUT2D eigenvalue weighted by Crippen LogP contribution is -1.92. The quantitative estimate of drug-likeness (QED) is 0.254. The highest BCUT2D eigenvalue weighted by atomic mass is 16.5. The third-order valence-corrected chi connectivity index (χ3v) is 0.978. The summed E-state index contributed by atoms with van der Waals surface area (Å²) < 4.78 is 4.91. The third kappa shape index (κ3) is 2.31. The van der Waals surface area contributed by atoms with E-state index in [0.717, 1.165) is 0 Å². The van der Waals surface area contributed by atoms with Crippen molar-refractivity contribution in [3.05, 3.63) is 11.3 Å². The van der Waals surface area contributed by atoms with Crippen molar-refractivity contribution in [3.63, 3.8) is 0 Å². The smallest absolute Gasteiger partial charge is 0.164 e. The van der Waals surface area contributed by atoms with Crippen LogP contribution in [0.1, 0.15) is 13.8 Å². The third-order valence-electron chi connectivity index (χ3n) is 0.978. The van der Waals surface area contributed by atoms with Crippen LogP contribution in [0.15, 0.2) is 11.3 Å². The first-order valence-electron chi connectivity index (χ1n) is 2.95. The molecule has 0 aliphatic rings. The maximum Gasteiger partial charge on any atom is 0.164 e. The summed E-state index contributed by atoms with van der Waals surface area (Å²) in [5, 5.41) is 8.30. The first kappa shape index (κ1) is 8.70. The number of carbonyl (C=O) groups is 1. The number of ether oxygens (including phenoxy) is 1. The second kappa shape index (κ2) is 4.57. The normalized spacial score (nSPS) is 11.3. The standard InChI is InChI=1S/C7H9NO2/c1-3-10-6(2)7(4-8)5-9/h5H,3H2,1-2H3/b7-6-. The van der Waals surface area contributed by atoms with Gasteiger partial charge >= 0.3 is 0 Å². The molecule has 10 heavy (non-hydrogen) atoms. The van der Waals surface area contributed by atoms with Crippen molar-refractivity contribution in [2.75, 3.05) is 6.61 Å². The summed E-state index contributed by atoms with van der Waals surface area (Å²) in [4.78, 5) is 10.1. The minimum Gasteiger partial charge on any atom is -0.497 e. The van der Waals surface area contributed by atoms with Gasteiger partial charge in [0.1, 0.15) is 17.4 Å². The van der Waals surface area contributed by atoms with Gasteiger partial charge in [0, 0.05) is 0 Å². The largest absolute Gasteiger partial charge is 0.497 e. The minimum absolute atomic E-state index is 0.0573. The van der Waals surface area contributed by atoms with Gasteiger partial charge in [-0.2, -0.15) is 5.26 Å². The molecule has 54 valence electrons. The van der Waals surface area contributed by atoms with Crippen molar-refractivity contribution in [2.24, 2.45) is 0 Å². The maximum atomic E-state index is 10.1. The van der Waals surface area contributed by atoms with E-state index in [9.17, 15) is 4.79 Å². The molecule has 0 aliphatic heterocycles. The molecule has 0 unspecified atom stereocenters. The van der Waals surface area contributed by atoms with Crippen molar-refractivity contribution in [1.82, 2.24) is 0 Å². The summed E-state index contributed by atoms with van der Waals surface area (Å²) in [5.41, 5.74) is 0.0573. The van der Waals surface area contributed by atoms with Gasteiger partial charge in [0.05, 0.1) is 6.61 Å². The molecular formula is C7H9NO2. The van der Waals surface area contributed by atoms with Gasteiger partial charge in [-0.3, -0.25) is 4.79 Å². The lowest BCUT2D eigenvalue weighted by Gasteiger charge is -2.00. The lowest BCUT2D eigenvalue weighted by molar-refractivity contribution is -0.104. The van der Waals surface area contributed by atoms with E-state index in [1.165, 1.54) is 0 Å². The highest BCUT2D eigenvalue weighted by molar-refractivity contribution is 5.79. The SMILES string of the molecule is CCO/C(C)=C(/C#N)C=O. The zero-order valence-corrected chi connectivity index (χ0v) is 6.05. The topological polar surface area (TPSA) is 50.1 Å². The van der Waals surface area contributed by atoms with Crippen LogP contribution in [0.25, 0.3) is 0 Å². The summed E-state index contributed by atoms with van der Waals surface area (Å²) >= 11 is 0. The van der Waals surface area contributed by atoms with Crippen LogP contribution in [-0.2, 0) is 9.53 Å². The van der Waals surface area contributed by atoms with Crippen LogP contribution >= 0.6 is 0 Å². The van der Waals surface area contributed by atoms with Crippen LogP contribution in [0.2, 0.25) is 0 Å². The second-order valence-corrected chi connectivity index (χ2v) is 1.63. The maximum absolute atomic E-state index is 10.1. The van der Waals surface area contributed by atoms with E-state index in [2.05, 4.69) is 0 Å². The number of hydrogen-bond acceptors (Lipinski definition) is 3. The fourth-order valence-electron chi connectivity index (χ4n) is 0.482. The molecule has 0 fully saturated rings. The van der Waals surface area contributed by atoms with Gasteiger partial charge in [0.25, 0.3) is 0 Å². The van der Waals surface area contributed by atoms with Crippen molar-refractivity contribution >= 4 is 6.29 Å². The van der Waals surface area contributed by atoms with Crippen molar-refractivity contribution < 1.29 is 9.53 Å². The van der Waals surface area contributed by atoms with Crippen molar-refractivity contribution in [2.45, 2.75) is 13.8 Å². The van der Waals surface area contributed by atoms with Crippen molar-refractivity contribution in [3.8, 4) is 6.07 Å². The Morgan fingerprint density at radius 2 is 2.40 bits per heavy atom. The molecule has 0 atom stereocenters. The molecule has 3 heteroatoms. The predicted octanol–water partition coefficient (Wildman–Crippen LogP) is 1.02. The van der Waals surface area contributed by atoms with Gasteiger partial charge in [-0.25, -0.2) is 0 Å². The predicted molar refractivity (Wildman–Crippen MR) is 36.0 cm³/mol. The molecule has 0 rings (SSSR count). The van der Waals surface area contributed by atoms with E-state index in [-0.39, 0.29) is 5.57 Å². The lowest BCUT2D eigenvalue weighted by atomic mass is 10.3. The molecule has 0 aliphatic carbocycles. The zero-order valence-electron chi connectivity index (χ0n) is 6.05. The van der Waals surface area contributed by atoms with Gasteiger partial charge < -0.3 is 4.74 Å². The van der Waals surface area contributed by atoms with Crippen LogP contribution < -0.4 is 0 Å². The fourth-order valence-corrected chi connectivity index (χ4v) is 0.482. The zero-order chi connectivity index (χ0) is 7.98. The molecule has 0 amide bonds. The number of nitriles is 1. The van der Waals surface area contributed by atoms with Gasteiger partial charge in [-0.05, 0) is 13.8 Å². The van der Waals surface area contributed by atoms with Crippen molar-refractivity contribution in [1.29, 1.82) is 5.26 Å². The van der Waals surface area contributed by atoms with Crippen LogP contribution in [0.5, 0.6) is 0 Å². The number of aldehydes is 1. The van der Waals surface area contributed by atoms with E-state index in [1.54, 1.807) is 19.9 Å². The van der Waals surface area contributed by atoms with Gasteiger partial charge in [-0.15, -0.1) is 0 Å². The number of rotatable bonds is 3. The second-order valence-electron chi connectivity index (χ2n) is 1.63. The summed E-state index contributed by atoms with van der Waals surface area (Å²) in [5.74, 6) is 0.389. The summed E-state index contributed by atoms with van der Waals surface area (Å²) in [6.07, 6.45) is 0.491. The first-order valence-corrected chi connectivity index (χ1v) is 2.95.